The number of benzene rings is 2. The molecule has 25 heavy (non-hydrogen) atoms. The van der Waals surface area contributed by atoms with Crippen molar-refractivity contribution in [2.75, 3.05) is 19.6 Å². The molecule has 2 aromatic carbocycles. The smallest absolute Gasteiger partial charge is 0.119 e. The van der Waals surface area contributed by atoms with Crippen LogP contribution in [0.2, 0.25) is 0 Å². The summed E-state index contributed by atoms with van der Waals surface area (Å²) in [5, 5.41) is 0. The highest BCUT2D eigenvalue weighted by atomic mass is 16.5. The molecule has 3 rings (SSSR count). The average molecular weight is 338 g/mol. The molecule has 1 unspecified atom stereocenters. The van der Waals surface area contributed by atoms with Gasteiger partial charge in [0.2, 0.25) is 0 Å². The van der Waals surface area contributed by atoms with E-state index in [2.05, 4.69) is 55.1 Å². The van der Waals surface area contributed by atoms with Gasteiger partial charge in [-0.2, -0.15) is 0 Å². The van der Waals surface area contributed by atoms with Crippen LogP contribution in [0.5, 0.6) is 5.75 Å². The van der Waals surface area contributed by atoms with Crippen molar-refractivity contribution in [3.8, 4) is 5.75 Å². The normalized spacial score (nSPS) is 22.5. The molecule has 134 valence electrons. The highest BCUT2D eigenvalue weighted by molar-refractivity contribution is 5.30. The number of ether oxygens (including phenoxy) is 1. The molecule has 1 saturated heterocycles. The standard InChI is InChI=1S/C22H30N2O/c1-17-12-18(2)15-24(14-17)22(13-23)20-8-10-21(11-9-20)25-16-19-6-4-3-5-7-19/h3-11,17-18,22H,12-16,23H2,1-2H3/t17-,18+,22?. The fourth-order valence-electron chi connectivity index (χ4n) is 3.99. The van der Waals surface area contributed by atoms with Gasteiger partial charge in [0, 0.05) is 25.7 Å². The van der Waals surface area contributed by atoms with Gasteiger partial charge in [0.15, 0.2) is 0 Å². The number of likely N-dealkylation sites (tertiary alicyclic amines) is 1. The fourth-order valence-corrected chi connectivity index (χ4v) is 3.99. The van der Waals surface area contributed by atoms with Crippen LogP contribution >= 0.6 is 0 Å². The Kier molecular flexibility index (Phi) is 6.11. The molecule has 0 saturated carbocycles. The summed E-state index contributed by atoms with van der Waals surface area (Å²) in [5.41, 5.74) is 8.60. The van der Waals surface area contributed by atoms with Crippen molar-refractivity contribution in [3.63, 3.8) is 0 Å². The first-order chi connectivity index (χ1) is 12.2. The van der Waals surface area contributed by atoms with E-state index in [1.165, 1.54) is 17.5 Å². The Morgan fingerprint density at radius 3 is 2.24 bits per heavy atom. The van der Waals surface area contributed by atoms with E-state index in [1.54, 1.807) is 0 Å². The van der Waals surface area contributed by atoms with Gasteiger partial charge >= 0.3 is 0 Å². The molecule has 3 nitrogen and oxygen atoms in total. The van der Waals surface area contributed by atoms with Crippen molar-refractivity contribution < 1.29 is 4.74 Å². The Hall–Kier alpha value is -1.84. The highest BCUT2D eigenvalue weighted by Gasteiger charge is 2.27. The van der Waals surface area contributed by atoms with Gasteiger partial charge in [-0.05, 0) is 41.5 Å². The first-order valence-corrected chi connectivity index (χ1v) is 9.36. The number of piperidine rings is 1. The third kappa shape index (κ3) is 4.83. The molecule has 0 amide bonds. The van der Waals surface area contributed by atoms with Crippen molar-refractivity contribution in [2.45, 2.75) is 32.9 Å². The Labute approximate surface area is 151 Å². The van der Waals surface area contributed by atoms with Gasteiger partial charge in [-0.1, -0.05) is 56.3 Å². The maximum absolute atomic E-state index is 6.13. The maximum Gasteiger partial charge on any atom is 0.119 e. The quantitative estimate of drug-likeness (QED) is 0.856. The van der Waals surface area contributed by atoms with Crippen LogP contribution in [0, 0.1) is 11.8 Å². The number of nitrogens with two attached hydrogens (primary N) is 1. The van der Waals surface area contributed by atoms with Crippen LogP contribution in [0.15, 0.2) is 54.6 Å². The van der Waals surface area contributed by atoms with Crippen LogP contribution in [-0.4, -0.2) is 24.5 Å². The second-order valence-electron chi connectivity index (χ2n) is 7.49. The fraction of sp³-hybridized carbons (Fsp3) is 0.455. The van der Waals surface area contributed by atoms with E-state index in [4.69, 9.17) is 10.5 Å². The molecule has 0 spiro atoms. The topological polar surface area (TPSA) is 38.5 Å². The monoisotopic (exact) mass is 338 g/mol. The van der Waals surface area contributed by atoms with Crippen LogP contribution < -0.4 is 10.5 Å². The lowest BCUT2D eigenvalue weighted by Gasteiger charge is -2.40. The lowest BCUT2D eigenvalue weighted by Crippen LogP contribution is -2.43. The molecule has 2 N–H and O–H groups in total. The molecule has 0 bridgehead atoms. The van der Waals surface area contributed by atoms with Gasteiger partial charge in [0.25, 0.3) is 0 Å². The van der Waals surface area contributed by atoms with Gasteiger partial charge in [-0.15, -0.1) is 0 Å². The Bertz CT molecular complexity index is 631. The number of hydrogen-bond donors (Lipinski definition) is 1. The number of nitrogens with zero attached hydrogens (tertiary/aromatic N) is 1. The molecule has 1 aliphatic rings. The lowest BCUT2D eigenvalue weighted by molar-refractivity contribution is 0.0984. The summed E-state index contributed by atoms with van der Waals surface area (Å²) in [5.74, 6) is 2.39. The zero-order valence-electron chi connectivity index (χ0n) is 15.4. The minimum atomic E-state index is 0.299. The van der Waals surface area contributed by atoms with E-state index >= 15 is 0 Å². The SMILES string of the molecule is C[C@@H]1C[C@H](C)CN(C(CN)c2ccc(OCc3ccccc3)cc2)C1. The molecule has 3 atom stereocenters. The minimum Gasteiger partial charge on any atom is -0.489 e. The van der Waals surface area contributed by atoms with E-state index in [9.17, 15) is 0 Å². The highest BCUT2D eigenvalue weighted by Crippen LogP contribution is 2.29. The summed E-state index contributed by atoms with van der Waals surface area (Å²) in [6, 6.07) is 19.0. The van der Waals surface area contributed by atoms with Crippen LogP contribution in [-0.2, 0) is 6.61 Å². The van der Waals surface area contributed by atoms with Crippen LogP contribution in [0.1, 0.15) is 37.4 Å². The van der Waals surface area contributed by atoms with Crippen LogP contribution in [0.3, 0.4) is 0 Å². The van der Waals surface area contributed by atoms with E-state index in [0.29, 0.717) is 19.2 Å². The van der Waals surface area contributed by atoms with Gasteiger partial charge in [-0.25, -0.2) is 0 Å². The molecule has 3 heteroatoms. The first-order valence-electron chi connectivity index (χ1n) is 9.36. The first kappa shape index (κ1) is 18.0. The van der Waals surface area contributed by atoms with E-state index < -0.39 is 0 Å². The number of rotatable bonds is 6. The second kappa shape index (κ2) is 8.50. The predicted molar refractivity (Wildman–Crippen MR) is 104 cm³/mol. The molecule has 2 aromatic rings. The molecular formula is C22H30N2O. The minimum absolute atomic E-state index is 0.299. The maximum atomic E-state index is 6.13. The summed E-state index contributed by atoms with van der Waals surface area (Å²) < 4.78 is 5.90. The average Bonchev–Trinajstić information content (AvgIpc) is 2.62. The van der Waals surface area contributed by atoms with E-state index in [-0.39, 0.29) is 0 Å². The summed E-state index contributed by atoms with van der Waals surface area (Å²) in [6.45, 7) is 8.22. The summed E-state index contributed by atoms with van der Waals surface area (Å²) in [7, 11) is 0. The third-order valence-corrected chi connectivity index (χ3v) is 5.07. The van der Waals surface area contributed by atoms with Crippen molar-refractivity contribution >= 4 is 0 Å². The lowest BCUT2D eigenvalue weighted by atomic mass is 9.89. The Balaban J connectivity index is 1.63. The van der Waals surface area contributed by atoms with E-state index in [1.807, 2.05) is 18.2 Å². The van der Waals surface area contributed by atoms with Crippen LogP contribution in [0.25, 0.3) is 0 Å². The van der Waals surface area contributed by atoms with Crippen molar-refractivity contribution in [2.24, 2.45) is 17.6 Å². The van der Waals surface area contributed by atoms with Crippen molar-refractivity contribution in [1.29, 1.82) is 0 Å². The zero-order valence-corrected chi connectivity index (χ0v) is 15.4. The molecular weight excluding hydrogens is 308 g/mol. The molecule has 0 radical (unpaired) electrons. The molecule has 0 aliphatic carbocycles. The molecule has 0 aromatic heterocycles. The van der Waals surface area contributed by atoms with Gasteiger partial charge < -0.3 is 10.5 Å². The van der Waals surface area contributed by atoms with Crippen molar-refractivity contribution in [3.05, 3.63) is 65.7 Å². The zero-order chi connectivity index (χ0) is 17.6. The van der Waals surface area contributed by atoms with Gasteiger partial charge in [0.1, 0.15) is 12.4 Å². The third-order valence-electron chi connectivity index (χ3n) is 5.07. The van der Waals surface area contributed by atoms with E-state index in [0.717, 1.165) is 30.7 Å². The Morgan fingerprint density at radius 1 is 1.00 bits per heavy atom. The largest absolute Gasteiger partial charge is 0.489 e. The Morgan fingerprint density at radius 2 is 1.64 bits per heavy atom. The predicted octanol–water partition coefficient (Wildman–Crippen LogP) is 4.24. The molecule has 1 heterocycles. The molecule has 1 aliphatic heterocycles. The number of hydrogen-bond acceptors (Lipinski definition) is 3. The summed E-state index contributed by atoms with van der Waals surface area (Å²) >= 11 is 0. The second-order valence-corrected chi connectivity index (χ2v) is 7.49. The summed E-state index contributed by atoms with van der Waals surface area (Å²) in [6.07, 6.45) is 1.32. The van der Waals surface area contributed by atoms with Gasteiger partial charge in [-0.3, -0.25) is 4.90 Å². The summed E-state index contributed by atoms with van der Waals surface area (Å²) in [4.78, 5) is 2.55. The van der Waals surface area contributed by atoms with Crippen molar-refractivity contribution in [1.82, 2.24) is 4.90 Å². The van der Waals surface area contributed by atoms with Gasteiger partial charge in [0.05, 0.1) is 0 Å². The molecule has 1 fully saturated rings. The van der Waals surface area contributed by atoms with Crippen LogP contribution in [0.4, 0.5) is 0 Å².